The highest BCUT2D eigenvalue weighted by Crippen LogP contribution is 2.13. The van der Waals surface area contributed by atoms with E-state index >= 15 is 0 Å². The third kappa shape index (κ3) is 13.3. The monoisotopic (exact) mass is 642 g/mol. The second-order valence-electron chi connectivity index (χ2n) is 8.68. The van der Waals surface area contributed by atoms with Gasteiger partial charge in [0.05, 0.1) is 26.1 Å². The van der Waals surface area contributed by atoms with Crippen LogP contribution in [0.15, 0.2) is 0 Å². The van der Waals surface area contributed by atoms with E-state index < -0.39 is 109 Å². The van der Waals surface area contributed by atoms with Crippen molar-refractivity contribution in [3.63, 3.8) is 0 Å². The SMILES string of the molecule is CCOC(=O)CC(C)OC(=O)C(O)C(O)C(=O)OC(C(=O)O)C(O)C(=O)OC(C(=O)O)C(O)C(=O)OC(C)CC(=O)OCC. The molecule has 0 rings (SSSR count). The minimum atomic E-state index is -3.06. The van der Waals surface area contributed by atoms with Gasteiger partial charge >= 0.3 is 47.8 Å². The van der Waals surface area contributed by atoms with E-state index in [0.717, 1.165) is 0 Å². The van der Waals surface area contributed by atoms with E-state index in [9.17, 15) is 69.0 Å². The Hall–Kier alpha value is -4.40. The average Bonchev–Trinajstić information content (AvgIpc) is 2.92. The summed E-state index contributed by atoms with van der Waals surface area (Å²) in [5.41, 5.74) is 0. The predicted octanol–water partition coefficient (Wildman–Crippen LogP) is -3.81. The highest BCUT2D eigenvalue weighted by atomic mass is 16.6. The van der Waals surface area contributed by atoms with Crippen molar-refractivity contribution < 1.29 is 97.4 Å². The summed E-state index contributed by atoms with van der Waals surface area (Å²) >= 11 is 0. The normalized spacial score (nSPS) is 16.3. The molecule has 0 aliphatic carbocycles. The van der Waals surface area contributed by atoms with Crippen molar-refractivity contribution in [2.45, 2.75) is 89.4 Å². The summed E-state index contributed by atoms with van der Waals surface area (Å²) in [6, 6.07) is 0. The fourth-order valence-corrected chi connectivity index (χ4v) is 2.92. The number of aliphatic carboxylic acids is 2. The summed E-state index contributed by atoms with van der Waals surface area (Å²) in [6.07, 6.45) is -20.6. The van der Waals surface area contributed by atoms with Gasteiger partial charge < -0.3 is 59.1 Å². The number of rotatable bonds is 19. The predicted molar refractivity (Wildman–Crippen MR) is 133 cm³/mol. The highest BCUT2D eigenvalue weighted by Gasteiger charge is 2.44. The Morgan fingerprint density at radius 1 is 0.500 bits per heavy atom. The lowest BCUT2D eigenvalue weighted by Crippen LogP contribution is -2.51. The minimum absolute atomic E-state index is 0.00193. The van der Waals surface area contributed by atoms with E-state index in [0.29, 0.717) is 0 Å². The van der Waals surface area contributed by atoms with Crippen LogP contribution in [-0.4, -0.2) is 140 Å². The molecule has 0 saturated carbocycles. The van der Waals surface area contributed by atoms with E-state index in [-0.39, 0.29) is 13.2 Å². The van der Waals surface area contributed by atoms with E-state index in [2.05, 4.69) is 28.4 Å². The van der Waals surface area contributed by atoms with Gasteiger partial charge in [-0.3, -0.25) is 9.59 Å². The van der Waals surface area contributed by atoms with Crippen LogP contribution in [0.25, 0.3) is 0 Å². The van der Waals surface area contributed by atoms with Crippen LogP contribution in [0.2, 0.25) is 0 Å². The maximum atomic E-state index is 12.3. The van der Waals surface area contributed by atoms with Crippen LogP contribution in [0.1, 0.15) is 40.5 Å². The Balaban J connectivity index is 5.43. The molecule has 8 atom stereocenters. The van der Waals surface area contributed by atoms with Crippen LogP contribution in [0.3, 0.4) is 0 Å². The van der Waals surface area contributed by atoms with Crippen LogP contribution in [0.4, 0.5) is 0 Å². The maximum Gasteiger partial charge on any atom is 0.348 e. The smallest absolute Gasteiger partial charge is 0.348 e. The van der Waals surface area contributed by atoms with Crippen LogP contribution in [-0.2, 0) is 66.8 Å². The molecule has 0 heterocycles. The van der Waals surface area contributed by atoms with E-state index in [1.807, 2.05) is 0 Å². The molecule has 44 heavy (non-hydrogen) atoms. The molecule has 0 bridgehead atoms. The molecule has 0 aromatic carbocycles. The largest absolute Gasteiger partial charge is 0.478 e. The summed E-state index contributed by atoms with van der Waals surface area (Å²) in [5, 5.41) is 58.4. The summed E-state index contributed by atoms with van der Waals surface area (Å²) in [4.78, 5) is 94.4. The first-order valence-electron chi connectivity index (χ1n) is 12.7. The summed E-state index contributed by atoms with van der Waals surface area (Å²) in [6.45, 7) is 5.38. The van der Waals surface area contributed by atoms with Crippen molar-refractivity contribution >= 4 is 47.8 Å². The molecule has 0 spiro atoms. The fourth-order valence-electron chi connectivity index (χ4n) is 2.92. The first-order valence-corrected chi connectivity index (χ1v) is 12.7. The van der Waals surface area contributed by atoms with Gasteiger partial charge in [0.15, 0.2) is 24.4 Å². The summed E-state index contributed by atoms with van der Waals surface area (Å²) in [7, 11) is 0. The van der Waals surface area contributed by atoms with Gasteiger partial charge in [-0.1, -0.05) is 0 Å². The quantitative estimate of drug-likeness (QED) is 0.0581. The van der Waals surface area contributed by atoms with Crippen molar-refractivity contribution in [3.05, 3.63) is 0 Å². The second-order valence-corrected chi connectivity index (χ2v) is 8.68. The molecular formula is C24H34O20. The van der Waals surface area contributed by atoms with Gasteiger partial charge in [-0.05, 0) is 27.7 Å². The zero-order valence-corrected chi connectivity index (χ0v) is 23.8. The van der Waals surface area contributed by atoms with Crippen LogP contribution in [0.5, 0.6) is 0 Å². The third-order valence-corrected chi connectivity index (χ3v) is 4.97. The van der Waals surface area contributed by atoms with Crippen molar-refractivity contribution in [2.24, 2.45) is 0 Å². The lowest BCUT2D eigenvalue weighted by atomic mass is 10.1. The number of carboxylic acid groups (broad SMARTS) is 2. The number of carboxylic acids is 2. The standard InChI is InChI=1S/C24H34O20/c1-5-39-11(25)7-9(3)41-21(35)13(27)14(28)22(36)43-18(20(33)34)16(30)24(38)44-17(19(31)32)15(29)23(37)42-10(4)8-12(26)40-6-2/h9-10,13-18,27-30H,5-8H2,1-4H3,(H,31,32)(H,33,34). The van der Waals surface area contributed by atoms with Crippen LogP contribution < -0.4 is 0 Å². The Labute approximate surface area is 248 Å². The maximum absolute atomic E-state index is 12.3. The molecule has 250 valence electrons. The first kappa shape index (κ1) is 39.6. The van der Waals surface area contributed by atoms with Gasteiger partial charge in [-0.15, -0.1) is 0 Å². The number of aliphatic hydroxyl groups excluding tert-OH is 4. The Morgan fingerprint density at radius 3 is 1.07 bits per heavy atom. The number of aliphatic hydroxyl groups is 4. The van der Waals surface area contributed by atoms with Crippen LogP contribution in [0, 0.1) is 0 Å². The summed E-state index contributed by atoms with van der Waals surface area (Å²) in [5.74, 6) is -13.7. The minimum Gasteiger partial charge on any atom is -0.478 e. The lowest BCUT2D eigenvalue weighted by Gasteiger charge is -2.24. The third-order valence-electron chi connectivity index (χ3n) is 4.97. The zero-order chi connectivity index (χ0) is 34.3. The van der Waals surface area contributed by atoms with E-state index in [1.165, 1.54) is 27.7 Å². The molecule has 20 nitrogen and oxygen atoms in total. The van der Waals surface area contributed by atoms with Gasteiger partial charge in [-0.2, -0.15) is 0 Å². The average molecular weight is 643 g/mol. The highest BCUT2D eigenvalue weighted by molar-refractivity contribution is 5.91. The molecule has 0 aliphatic heterocycles. The van der Waals surface area contributed by atoms with E-state index in [1.54, 1.807) is 0 Å². The molecule has 0 radical (unpaired) electrons. The molecule has 20 heteroatoms. The summed E-state index contributed by atoms with van der Waals surface area (Å²) < 4.78 is 27.2. The van der Waals surface area contributed by atoms with Crippen molar-refractivity contribution in [2.75, 3.05) is 13.2 Å². The first-order chi connectivity index (χ1) is 20.4. The molecule has 0 aromatic heterocycles. The van der Waals surface area contributed by atoms with E-state index in [4.69, 9.17) is 0 Å². The lowest BCUT2D eigenvalue weighted by molar-refractivity contribution is -0.198. The molecule has 0 aromatic rings. The number of hydrogen-bond acceptors (Lipinski definition) is 18. The van der Waals surface area contributed by atoms with Gasteiger partial charge in [0, 0.05) is 0 Å². The van der Waals surface area contributed by atoms with Crippen molar-refractivity contribution in [1.82, 2.24) is 0 Å². The topological polar surface area (TPSA) is 313 Å². The molecule has 0 aliphatic rings. The fraction of sp³-hybridized carbons (Fsp3) is 0.667. The number of esters is 6. The molecule has 8 unspecified atom stereocenters. The number of hydrogen-bond donors (Lipinski definition) is 6. The van der Waals surface area contributed by atoms with Crippen LogP contribution >= 0.6 is 0 Å². The van der Waals surface area contributed by atoms with Gasteiger partial charge in [0.1, 0.15) is 12.2 Å². The van der Waals surface area contributed by atoms with Crippen molar-refractivity contribution in [1.29, 1.82) is 0 Å². The molecule has 0 fully saturated rings. The molecule has 0 amide bonds. The Kier molecular flexibility index (Phi) is 17.1. The number of carbonyl (C=O) groups excluding carboxylic acids is 6. The molecular weight excluding hydrogens is 608 g/mol. The molecule has 0 saturated heterocycles. The number of carbonyl (C=O) groups is 8. The molecule has 6 N–H and O–H groups in total. The zero-order valence-electron chi connectivity index (χ0n) is 23.8. The second kappa shape index (κ2) is 19.0. The van der Waals surface area contributed by atoms with Gasteiger partial charge in [0.25, 0.3) is 0 Å². The van der Waals surface area contributed by atoms with Crippen molar-refractivity contribution in [3.8, 4) is 0 Å². The number of ether oxygens (including phenoxy) is 6. The van der Waals surface area contributed by atoms with Gasteiger partial charge in [-0.25, -0.2) is 28.8 Å². The Bertz CT molecular complexity index is 1050. The van der Waals surface area contributed by atoms with Gasteiger partial charge in [0.2, 0.25) is 12.2 Å². The Morgan fingerprint density at radius 2 is 0.773 bits per heavy atom.